The lowest BCUT2D eigenvalue weighted by molar-refractivity contribution is -0.889. The van der Waals surface area contributed by atoms with E-state index in [0.29, 0.717) is 6.42 Å². The highest BCUT2D eigenvalue weighted by molar-refractivity contribution is 5.71. The normalized spacial score (nSPS) is 13.8. The molecule has 0 radical (unpaired) electrons. The van der Waals surface area contributed by atoms with Crippen molar-refractivity contribution in [2.45, 2.75) is 109 Å². The zero-order chi connectivity index (χ0) is 31.5. The Kier molecular flexibility index (Phi) is 24.3. The summed E-state index contributed by atoms with van der Waals surface area (Å²) in [6, 6.07) is -0.740. The number of unbranched alkanes of at least 4 members (excludes halogenated alkanes) is 5. The van der Waals surface area contributed by atoms with Crippen LogP contribution in [0, 0.1) is 0 Å². The van der Waals surface area contributed by atoms with Crippen molar-refractivity contribution >= 4 is 17.9 Å². The third kappa shape index (κ3) is 23.9. The standard InChI is InChI=1S/C34H57NO7/c1-6-8-10-12-14-16-18-20-22-24-32(36)41-29-30(28-40-27-26-31(34(38)39)35(3,4)5)42-33(37)25-23-21-19-17-15-13-11-9-7-2/h9,11,15-18,21,23,30-31H,6-8,10,12-14,19-20,22,24-29H2,1-5H3/b11-9+,17-15+,18-16+,23-21+. The molecule has 0 spiro atoms. The molecule has 0 N–H and O–H groups in total. The van der Waals surface area contributed by atoms with Gasteiger partial charge in [0.25, 0.3) is 0 Å². The lowest BCUT2D eigenvalue weighted by atomic mass is 10.1. The smallest absolute Gasteiger partial charge is 0.310 e. The highest BCUT2D eigenvalue weighted by Crippen LogP contribution is 2.09. The fraction of sp³-hybridized carbons (Fsp3) is 0.676. The number of quaternary nitrogens is 1. The van der Waals surface area contributed by atoms with Crippen LogP contribution >= 0.6 is 0 Å². The molecular formula is C34H57NO7. The zero-order valence-corrected chi connectivity index (χ0v) is 26.9. The number of ether oxygens (including phenoxy) is 3. The molecule has 0 aromatic rings. The average Bonchev–Trinajstić information content (AvgIpc) is 2.92. The molecule has 0 aliphatic rings. The zero-order valence-electron chi connectivity index (χ0n) is 26.9. The van der Waals surface area contributed by atoms with Gasteiger partial charge in [-0.3, -0.25) is 9.59 Å². The number of hydrogen-bond acceptors (Lipinski definition) is 7. The maximum absolute atomic E-state index is 12.4. The Hall–Kier alpha value is -2.71. The van der Waals surface area contributed by atoms with Crippen molar-refractivity contribution < 1.29 is 38.2 Å². The summed E-state index contributed by atoms with van der Waals surface area (Å²) in [5, 5.41) is 11.5. The van der Waals surface area contributed by atoms with Gasteiger partial charge in [-0.15, -0.1) is 0 Å². The van der Waals surface area contributed by atoms with Gasteiger partial charge < -0.3 is 28.6 Å². The quantitative estimate of drug-likeness (QED) is 0.0557. The van der Waals surface area contributed by atoms with E-state index in [-0.39, 0.29) is 49.5 Å². The van der Waals surface area contributed by atoms with Gasteiger partial charge >= 0.3 is 11.9 Å². The van der Waals surface area contributed by atoms with Gasteiger partial charge in [0.2, 0.25) is 0 Å². The molecule has 0 rings (SSSR count). The van der Waals surface area contributed by atoms with Gasteiger partial charge in [0.05, 0.1) is 46.7 Å². The molecule has 0 saturated heterocycles. The summed E-state index contributed by atoms with van der Waals surface area (Å²) in [4.78, 5) is 36.2. The van der Waals surface area contributed by atoms with Gasteiger partial charge in [0.1, 0.15) is 12.6 Å². The third-order valence-electron chi connectivity index (χ3n) is 6.48. The van der Waals surface area contributed by atoms with Crippen LogP contribution in [0.1, 0.15) is 97.3 Å². The number of carbonyl (C=O) groups excluding carboxylic acids is 3. The number of nitrogens with zero attached hydrogens (tertiary/aromatic N) is 1. The number of hydrogen-bond donors (Lipinski definition) is 0. The topological polar surface area (TPSA) is 102 Å². The lowest BCUT2D eigenvalue weighted by Gasteiger charge is -2.34. The van der Waals surface area contributed by atoms with Gasteiger partial charge in [0, 0.05) is 12.8 Å². The Balaban J connectivity index is 4.69. The maximum Gasteiger partial charge on any atom is 0.310 e. The van der Waals surface area contributed by atoms with Crippen LogP contribution in [0.15, 0.2) is 48.6 Å². The highest BCUT2D eigenvalue weighted by atomic mass is 16.6. The molecule has 0 fully saturated rings. The van der Waals surface area contributed by atoms with Crippen molar-refractivity contribution in [1.29, 1.82) is 0 Å². The number of likely N-dealkylation sites (N-methyl/N-ethyl adjacent to an activating group) is 1. The van der Waals surface area contributed by atoms with Gasteiger partial charge in [-0.25, -0.2) is 0 Å². The first-order chi connectivity index (χ1) is 20.1. The summed E-state index contributed by atoms with van der Waals surface area (Å²) < 4.78 is 16.8. The first-order valence-corrected chi connectivity index (χ1v) is 15.7. The van der Waals surface area contributed by atoms with E-state index < -0.39 is 24.1 Å². The summed E-state index contributed by atoms with van der Waals surface area (Å²) >= 11 is 0. The molecule has 8 heteroatoms. The molecule has 0 aromatic heterocycles. The van der Waals surface area contributed by atoms with Crippen molar-refractivity contribution in [2.24, 2.45) is 0 Å². The molecule has 2 atom stereocenters. The number of carboxylic acid groups (broad SMARTS) is 1. The van der Waals surface area contributed by atoms with Gasteiger partial charge in [0.15, 0.2) is 6.10 Å². The van der Waals surface area contributed by atoms with Crippen LogP contribution in [0.4, 0.5) is 0 Å². The number of carbonyl (C=O) groups is 3. The number of carboxylic acids is 1. The summed E-state index contributed by atoms with van der Waals surface area (Å²) in [5.74, 6) is -1.95. The molecule has 0 aromatic carbocycles. The van der Waals surface area contributed by atoms with Crippen LogP contribution in [-0.4, -0.2) is 75.5 Å². The summed E-state index contributed by atoms with van der Waals surface area (Å²) in [6.45, 7) is 4.31. The fourth-order valence-electron chi connectivity index (χ4n) is 4.02. The highest BCUT2D eigenvalue weighted by Gasteiger charge is 2.25. The average molecular weight is 592 g/mol. The second-order valence-corrected chi connectivity index (χ2v) is 11.3. The Morgan fingerprint density at radius 2 is 1.40 bits per heavy atom. The minimum Gasteiger partial charge on any atom is -0.544 e. The number of aliphatic carboxylic acids is 1. The van der Waals surface area contributed by atoms with E-state index in [2.05, 4.69) is 44.2 Å². The Morgan fingerprint density at radius 3 is 2.02 bits per heavy atom. The number of rotatable bonds is 26. The van der Waals surface area contributed by atoms with Crippen molar-refractivity contribution in [3.8, 4) is 0 Å². The molecule has 0 bridgehead atoms. The maximum atomic E-state index is 12.4. The minimum absolute atomic E-state index is 0.00553. The largest absolute Gasteiger partial charge is 0.544 e. The van der Waals surface area contributed by atoms with Crippen molar-refractivity contribution in [2.75, 3.05) is 41.0 Å². The molecule has 0 heterocycles. The fourth-order valence-corrected chi connectivity index (χ4v) is 4.02. The van der Waals surface area contributed by atoms with E-state index in [1.807, 2.05) is 12.2 Å². The van der Waals surface area contributed by atoms with Crippen LogP contribution in [0.5, 0.6) is 0 Å². The van der Waals surface area contributed by atoms with Gasteiger partial charge in [-0.1, -0.05) is 81.7 Å². The Morgan fingerprint density at radius 1 is 0.762 bits per heavy atom. The van der Waals surface area contributed by atoms with Crippen molar-refractivity contribution in [3.63, 3.8) is 0 Å². The molecule has 42 heavy (non-hydrogen) atoms. The number of esters is 2. The van der Waals surface area contributed by atoms with E-state index in [1.54, 1.807) is 27.2 Å². The molecular weight excluding hydrogens is 534 g/mol. The van der Waals surface area contributed by atoms with Crippen LogP contribution < -0.4 is 5.11 Å². The second kappa shape index (κ2) is 26.0. The Bertz CT molecular complexity index is 839. The van der Waals surface area contributed by atoms with Gasteiger partial charge in [-0.2, -0.15) is 0 Å². The molecule has 0 amide bonds. The van der Waals surface area contributed by atoms with Crippen LogP contribution in [0.25, 0.3) is 0 Å². The molecule has 8 nitrogen and oxygen atoms in total. The van der Waals surface area contributed by atoms with E-state index >= 15 is 0 Å². The molecule has 2 unspecified atom stereocenters. The lowest BCUT2D eigenvalue weighted by Crippen LogP contribution is -2.55. The molecule has 0 aliphatic heterocycles. The van der Waals surface area contributed by atoms with Crippen molar-refractivity contribution in [1.82, 2.24) is 0 Å². The molecule has 0 aliphatic carbocycles. The van der Waals surface area contributed by atoms with E-state index in [0.717, 1.165) is 32.1 Å². The van der Waals surface area contributed by atoms with Crippen LogP contribution in [0.3, 0.4) is 0 Å². The predicted octanol–water partition coefficient (Wildman–Crippen LogP) is 5.62. The number of allylic oxidation sites excluding steroid dienone is 7. The van der Waals surface area contributed by atoms with Crippen LogP contribution in [0.2, 0.25) is 0 Å². The van der Waals surface area contributed by atoms with E-state index in [4.69, 9.17) is 14.2 Å². The third-order valence-corrected chi connectivity index (χ3v) is 6.48. The van der Waals surface area contributed by atoms with Gasteiger partial charge in [-0.05, 0) is 44.9 Å². The van der Waals surface area contributed by atoms with Crippen molar-refractivity contribution in [3.05, 3.63) is 48.6 Å². The first-order valence-electron chi connectivity index (χ1n) is 15.7. The molecule has 0 saturated carbocycles. The Labute approximate surface area is 255 Å². The molecule has 240 valence electrons. The van der Waals surface area contributed by atoms with E-state index in [9.17, 15) is 19.5 Å². The second-order valence-electron chi connectivity index (χ2n) is 11.3. The summed E-state index contributed by atoms with van der Waals surface area (Å²) in [5.41, 5.74) is 0. The summed E-state index contributed by atoms with van der Waals surface area (Å²) in [6.07, 6.45) is 26.2. The van der Waals surface area contributed by atoms with E-state index in [1.165, 1.54) is 25.7 Å². The minimum atomic E-state index is -1.14. The monoisotopic (exact) mass is 591 g/mol. The summed E-state index contributed by atoms with van der Waals surface area (Å²) in [7, 11) is 5.34. The van der Waals surface area contributed by atoms with Crippen LogP contribution in [-0.2, 0) is 28.6 Å². The SMILES string of the molecule is CC/C=C/C/C=C/C/C=C/CC(=O)OC(COCCC(C(=O)[O-])[N+](C)(C)C)COC(=O)CCC/C=C/CCCCCC. The first kappa shape index (κ1) is 39.3. The predicted molar refractivity (Wildman–Crippen MR) is 166 cm³/mol.